The third kappa shape index (κ3) is 11.1. The molecular weight excluding hydrogens is 1340 g/mol. The maximum Gasteiger partial charge on any atom is 0.143 e. The lowest BCUT2D eigenvalue weighted by Gasteiger charge is -2.40. The first-order valence-electron chi connectivity index (χ1n) is 32.5. The van der Waals surface area contributed by atoms with Crippen LogP contribution in [0.3, 0.4) is 0 Å². The van der Waals surface area contributed by atoms with E-state index in [1.165, 1.54) is 5.56 Å². The van der Waals surface area contributed by atoms with Gasteiger partial charge < -0.3 is 70.6 Å². The minimum atomic E-state index is -0.891. The summed E-state index contributed by atoms with van der Waals surface area (Å²) in [5, 5.41) is 74.7. The number of aliphatic hydroxyl groups is 6. The van der Waals surface area contributed by atoms with Crippen LogP contribution in [0, 0.1) is 37.0 Å². The number of nitrogens with zero attached hydrogens (tertiary/aromatic N) is 11. The molecule has 17 rings (SSSR count). The van der Waals surface area contributed by atoms with Crippen LogP contribution >= 0.6 is 31.9 Å². The molecule has 3 aromatic carbocycles. The van der Waals surface area contributed by atoms with E-state index in [4.69, 9.17) is 20.9 Å². The van der Waals surface area contributed by atoms with Gasteiger partial charge in [0.2, 0.25) is 0 Å². The van der Waals surface area contributed by atoms with Gasteiger partial charge in [0, 0.05) is 74.4 Å². The average molecular weight is 1410 g/mol. The number of benzene rings is 3. The maximum atomic E-state index is 11.1. The Bertz CT molecular complexity index is 4480. The number of anilines is 2. The number of nitrogens with two attached hydrogens (primary N) is 2. The second-order valence-corrected chi connectivity index (χ2v) is 29.0. The molecule has 0 bridgehead atoms. The molecule has 3 aliphatic heterocycles. The van der Waals surface area contributed by atoms with Crippen molar-refractivity contribution in [2.24, 2.45) is 16.2 Å². The zero-order valence-electron chi connectivity index (χ0n) is 52.7. The standard InChI is InChI=1S/2C25H26BrN5O3.C21H24N4O2/c2*1-13-16-5-7-31(24(16)29-12-28-13)19-10-25(22(33)21(19)32)6-4-20(34-11-25)15-3-2-14-8-17(26)23(27)30-18(14)9-15;1-13-15-7-8-25(20(15)24-12-23-13)17-10-21(19(27)18(17)26)9-16(22-11-21)14-5-3-2-4-6-14/h2*2-3,5,7-9,12,19-22,32-33H,4,6,10-11H2,1H3,(H2,27,30);2-8,12,16-19,22,26-27H,9-11H2,1H3/t19-,20+,21+,22+,25+;19-,20-,21+,22+,25+;16-,17+,18-,19-,21-/m110/s1. The fourth-order valence-corrected chi connectivity index (χ4v) is 17.2. The largest absolute Gasteiger partial charge is 0.390 e. The van der Waals surface area contributed by atoms with E-state index >= 15 is 0 Å². The number of rotatable bonds is 6. The molecule has 6 fully saturated rings. The zero-order valence-corrected chi connectivity index (χ0v) is 55.9. The summed E-state index contributed by atoms with van der Waals surface area (Å²) in [7, 11) is 0. The van der Waals surface area contributed by atoms with E-state index in [1.54, 1.807) is 19.0 Å². The lowest BCUT2D eigenvalue weighted by atomic mass is 9.76. The van der Waals surface area contributed by atoms with Gasteiger partial charge in [-0.3, -0.25) is 0 Å². The summed E-state index contributed by atoms with van der Waals surface area (Å²) >= 11 is 6.85. The molecule has 11 aromatic rings. The van der Waals surface area contributed by atoms with Crippen LogP contribution in [0.1, 0.15) is 122 Å². The first-order chi connectivity index (χ1) is 45.8. The van der Waals surface area contributed by atoms with Gasteiger partial charge in [0.25, 0.3) is 0 Å². The number of ether oxygens (including phenoxy) is 2. The van der Waals surface area contributed by atoms with Crippen LogP contribution < -0.4 is 16.8 Å². The summed E-state index contributed by atoms with van der Waals surface area (Å²) in [6, 6.07) is 31.9. The van der Waals surface area contributed by atoms with Gasteiger partial charge in [-0.2, -0.15) is 0 Å². The highest BCUT2D eigenvalue weighted by Gasteiger charge is 2.58. The minimum Gasteiger partial charge on any atom is -0.390 e. The molecule has 3 saturated carbocycles. The van der Waals surface area contributed by atoms with Gasteiger partial charge in [-0.15, -0.1) is 0 Å². The van der Waals surface area contributed by atoms with E-state index in [9.17, 15) is 30.6 Å². The third-order valence-corrected chi connectivity index (χ3v) is 23.2. The molecule has 0 unspecified atom stereocenters. The van der Waals surface area contributed by atoms with Crippen LogP contribution in [0.5, 0.6) is 0 Å². The molecule has 0 amide bonds. The minimum absolute atomic E-state index is 0.0899. The zero-order chi connectivity index (χ0) is 65.8. The second-order valence-electron chi connectivity index (χ2n) is 27.3. The molecule has 11 N–H and O–H groups in total. The summed E-state index contributed by atoms with van der Waals surface area (Å²) in [6.45, 7) is 7.32. The fourth-order valence-electron chi connectivity index (χ4n) is 16.5. The lowest BCUT2D eigenvalue weighted by Crippen LogP contribution is -2.42. The number of aliphatic hydroxyl groups excluding tert-OH is 6. The van der Waals surface area contributed by atoms with Crippen LogP contribution in [0.15, 0.2) is 144 Å². The normalized spacial score (nSPS) is 30.5. The number of aryl methyl sites for hydroxylation is 3. The van der Waals surface area contributed by atoms with E-state index in [-0.39, 0.29) is 41.8 Å². The quantitative estimate of drug-likeness (QED) is 0.0747. The smallest absolute Gasteiger partial charge is 0.143 e. The van der Waals surface area contributed by atoms with Gasteiger partial charge >= 0.3 is 0 Å². The van der Waals surface area contributed by atoms with Crippen molar-refractivity contribution in [3.63, 3.8) is 0 Å². The molecule has 24 heteroatoms. The van der Waals surface area contributed by atoms with Crippen molar-refractivity contribution in [2.45, 2.75) is 145 Å². The van der Waals surface area contributed by atoms with Crippen LogP contribution in [0.2, 0.25) is 0 Å². The number of hydrogen-bond acceptors (Lipinski definition) is 19. The lowest BCUT2D eigenvalue weighted by molar-refractivity contribution is -0.120. The number of fused-ring (bicyclic) bond motifs is 5. The van der Waals surface area contributed by atoms with Crippen LogP contribution in [0.4, 0.5) is 11.6 Å². The van der Waals surface area contributed by atoms with Crippen LogP contribution in [-0.4, -0.2) is 141 Å². The van der Waals surface area contributed by atoms with Gasteiger partial charge in [-0.05, 0) is 163 Å². The molecule has 3 spiro atoms. The highest BCUT2D eigenvalue weighted by molar-refractivity contribution is 9.11. The fraction of sp³-hybridized carbons (Fsp3) is 0.408. The Morgan fingerprint density at radius 1 is 0.484 bits per heavy atom. The Morgan fingerprint density at radius 2 is 0.884 bits per heavy atom. The summed E-state index contributed by atoms with van der Waals surface area (Å²) in [6.07, 6.45) is 11.0. The van der Waals surface area contributed by atoms with Crippen LogP contribution in [0.25, 0.3) is 54.9 Å². The molecule has 3 saturated heterocycles. The number of aromatic nitrogens is 11. The molecule has 0 radical (unpaired) electrons. The Hall–Kier alpha value is -7.46. The molecule has 6 aliphatic rings. The first-order valence-corrected chi connectivity index (χ1v) is 34.1. The summed E-state index contributed by atoms with van der Waals surface area (Å²) in [4.78, 5) is 35.0. The maximum absolute atomic E-state index is 11.1. The molecule has 3 aliphatic carbocycles. The number of hydrogen-bond donors (Lipinski definition) is 9. The number of nitrogen functional groups attached to an aromatic ring is 2. The predicted molar refractivity (Wildman–Crippen MR) is 366 cm³/mol. The van der Waals surface area contributed by atoms with Gasteiger partial charge in [0.15, 0.2) is 0 Å². The molecular formula is C71H76Br2N14O8. The SMILES string of the molecule is Cc1ncnc2c1ccn2[C@@H]1C[C@@]2(CN[C@H](c3ccccc3)C2)[C@@H](O)[C@H]1O.Cc1ncnc2c1ccn2[C@@H]1C[C@]2(CC[C@@H](c3ccc4cc(Br)c(N)nc4c3)OC2)[C@@H](O)[C@H]1O.Cc1ncnc2c1ccn2[C@@H]1C[C@]2(CC[C@H](c3ccc4cc(Br)c(N)nc4c3)OC2)[C@@H](O)[C@H]1O. The second kappa shape index (κ2) is 24.9. The van der Waals surface area contributed by atoms with Gasteiger partial charge in [0.05, 0.1) is 98.9 Å². The van der Waals surface area contributed by atoms with Crippen LogP contribution in [-0.2, 0) is 9.47 Å². The topological polar surface area (TPSA) is 322 Å². The van der Waals surface area contributed by atoms with Crippen molar-refractivity contribution in [3.8, 4) is 0 Å². The molecule has 8 aromatic heterocycles. The number of nitrogens with one attached hydrogen (secondary N) is 1. The van der Waals surface area contributed by atoms with Crippen molar-refractivity contribution in [3.05, 3.63) is 177 Å². The van der Waals surface area contributed by atoms with Gasteiger partial charge in [-0.1, -0.05) is 54.6 Å². The van der Waals surface area contributed by atoms with Crippen molar-refractivity contribution in [1.82, 2.24) is 58.9 Å². The Kier molecular flexibility index (Phi) is 16.7. The van der Waals surface area contributed by atoms with Crippen molar-refractivity contribution in [1.29, 1.82) is 0 Å². The van der Waals surface area contributed by atoms with Crippen molar-refractivity contribution in [2.75, 3.05) is 31.2 Å². The molecule has 15 atom stereocenters. The highest BCUT2D eigenvalue weighted by atomic mass is 79.9. The Morgan fingerprint density at radius 3 is 1.28 bits per heavy atom. The number of pyridine rings is 2. The third-order valence-electron chi connectivity index (χ3n) is 21.9. The van der Waals surface area contributed by atoms with Crippen molar-refractivity contribution < 1.29 is 40.1 Å². The summed E-state index contributed by atoms with van der Waals surface area (Å²) in [5.41, 5.74) is 20.7. The molecule has 22 nitrogen and oxygen atoms in total. The Balaban J connectivity index is 0.000000118. The molecule has 11 heterocycles. The van der Waals surface area contributed by atoms with Gasteiger partial charge in [0.1, 0.15) is 65.9 Å². The summed E-state index contributed by atoms with van der Waals surface area (Å²) < 4.78 is 20.2. The van der Waals surface area contributed by atoms with E-state index in [2.05, 4.69) is 101 Å². The van der Waals surface area contributed by atoms with Gasteiger partial charge in [-0.25, -0.2) is 39.9 Å². The Labute approximate surface area is 564 Å². The van der Waals surface area contributed by atoms with E-state index in [1.807, 2.05) is 126 Å². The monoisotopic (exact) mass is 1410 g/mol. The molecule has 492 valence electrons. The van der Waals surface area contributed by atoms with E-state index in [0.717, 1.165) is 131 Å². The highest BCUT2D eigenvalue weighted by Crippen LogP contribution is 2.56. The van der Waals surface area contributed by atoms with E-state index < -0.39 is 47.5 Å². The van der Waals surface area contributed by atoms with Crippen molar-refractivity contribution >= 4 is 98.4 Å². The van der Waals surface area contributed by atoms with E-state index in [0.29, 0.717) is 44.2 Å². The molecule has 95 heavy (non-hydrogen) atoms. The average Bonchev–Trinajstić information content (AvgIpc) is 1.59. The first kappa shape index (κ1) is 63.6. The summed E-state index contributed by atoms with van der Waals surface area (Å²) in [5.74, 6) is 0.917. The number of halogens is 2. The predicted octanol–water partition coefficient (Wildman–Crippen LogP) is 9.80.